The Labute approximate surface area is 127 Å². The molecule has 2 aromatic carbocycles. The van der Waals surface area contributed by atoms with E-state index in [2.05, 4.69) is 55.3 Å². The fourth-order valence-corrected chi connectivity index (χ4v) is 2.53. The first-order chi connectivity index (χ1) is 10.1. The summed E-state index contributed by atoms with van der Waals surface area (Å²) in [5.41, 5.74) is 11.5. The summed E-state index contributed by atoms with van der Waals surface area (Å²) >= 11 is 0. The summed E-state index contributed by atoms with van der Waals surface area (Å²) in [4.78, 5) is 2.36. The van der Waals surface area contributed by atoms with Crippen LogP contribution in [0.4, 0.5) is 17.1 Å². The summed E-state index contributed by atoms with van der Waals surface area (Å²) in [5, 5.41) is 3.48. The third-order valence-electron chi connectivity index (χ3n) is 3.77. The molecule has 0 bridgehead atoms. The number of benzene rings is 2. The van der Waals surface area contributed by atoms with Gasteiger partial charge in [-0.05, 0) is 62.2 Å². The van der Waals surface area contributed by atoms with E-state index in [-0.39, 0.29) is 0 Å². The Hall–Kier alpha value is -2.16. The minimum absolute atomic E-state index is 0.788. The van der Waals surface area contributed by atoms with E-state index in [1.807, 2.05) is 18.2 Å². The van der Waals surface area contributed by atoms with Gasteiger partial charge in [0.2, 0.25) is 0 Å². The summed E-state index contributed by atoms with van der Waals surface area (Å²) in [7, 11) is 0. The van der Waals surface area contributed by atoms with E-state index in [1.165, 1.54) is 22.5 Å². The van der Waals surface area contributed by atoms with Gasteiger partial charge < -0.3 is 16.0 Å². The SMILES string of the molecule is CCN(CC)c1ccc(NCc2cccc(N)c2)c(C)c1. The van der Waals surface area contributed by atoms with E-state index in [0.717, 1.165) is 25.3 Å². The van der Waals surface area contributed by atoms with Crippen molar-refractivity contribution in [1.29, 1.82) is 0 Å². The summed E-state index contributed by atoms with van der Waals surface area (Å²) < 4.78 is 0. The molecule has 0 fully saturated rings. The van der Waals surface area contributed by atoms with Crippen molar-refractivity contribution in [3.8, 4) is 0 Å². The highest BCUT2D eigenvalue weighted by Gasteiger charge is 2.05. The first-order valence-corrected chi connectivity index (χ1v) is 7.58. The third kappa shape index (κ3) is 3.91. The second-order valence-electron chi connectivity index (χ2n) is 5.27. The van der Waals surface area contributed by atoms with Gasteiger partial charge in [-0.1, -0.05) is 12.1 Å². The van der Waals surface area contributed by atoms with Gasteiger partial charge in [0.15, 0.2) is 0 Å². The van der Waals surface area contributed by atoms with Gasteiger partial charge in [-0.25, -0.2) is 0 Å². The zero-order valence-electron chi connectivity index (χ0n) is 13.2. The molecule has 0 saturated carbocycles. The maximum atomic E-state index is 5.81. The van der Waals surface area contributed by atoms with Gasteiger partial charge in [-0.3, -0.25) is 0 Å². The Morgan fingerprint density at radius 2 is 1.81 bits per heavy atom. The first kappa shape index (κ1) is 15.2. The Kier molecular flexibility index (Phi) is 5.09. The van der Waals surface area contributed by atoms with E-state index < -0.39 is 0 Å². The maximum absolute atomic E-state index is 5.81. The molecule has 0 aromatic heterocycles. The van der Waals surface area contributed by atoms with Gasteiger partial charge in [0, 0.05) is 36.7 Å². The minimum Gasteiger partial charge on any atom is -0.399 e. The molecule has 0 saturated heterocycles. The highest BCUT2D eigenvalue weighted by Crippen LogP contribution is 2.23. The largest absolute Gasteiger partial charge is 0.399 e. The number of nitrogen functional groups attached to an aromatic ring is 1. The van der Waals surface area contributed by atoms with E-state index in [1.54, 1.807) is 0 Å². The topological polar surface area (TPSA) is 41.3 Å². The number of aryl methyl sites for hydroxylation is 1. The highest BCUT2D eigenvalue weighted by atomic mass is 15.1. The van der Waals surface area contributed by atoms with Crippen LogP contribution in [0.1, 0.15) is 25.0 Å². The lowest BCUT2D eigenvalue weighted by atomic mass is 10.1. The van der Waals surface area contributed by atoms with Gasteiger partial charge in [0.25, 0.3) is 0 Å². The smallest absolute Gasteiger partial charge is 0.0401 e. The van der Waals surface area contributed by atoms with Crippen LogP contribution in [0.25, 0.3) is 0 Å². The van der Waals surface area contributed by atoms with Crippen LogP contribution < -0.4 is 16.0 Å². The number of rotatable bonds is 6. The highest BCUT2D eigenvalue weighted by molar-refractivity contribution is 5.60. The molecule has 0 aliphatic rings. The van der Waals surface area contributed by atoms with Crippen LogP contribution in [0, 0.1) is 6.92 Å². The number of hydrogen-bond donors (Lipinski definition) is 2. The first-order valence-electron chi connectivity index (χ1n) is 7.58. The van der Waals surface area contributed by atoms with E-state index in [9.17, 15) is 0 Å². The van der Waals surface area contributed by atoms with Crippen molar-refractivity contribution in [1.82, 2.24) is 0 Å². The van der Waals surface area contributed by atoms with Crippen LogP contribution in [-0.4, -0.2) is 13.1 Å². The number of nitrogens with one attached hydrogen (secondary N) is 1. The van der Waals surface area contributed by atoms with Gasteiger partial charge >= 0.3 is 0 Å². The lowest BCUT2D eigenvalue weighted by Gasteiger charge is -2.22. The van der Waals surface area contributed by atoms with Crippen molar-refractivity contribution >= 4 is 17.1 Å². The van der Waals surface area contributed by atoms with E-state index in [0.29, 0.717) is 0 Å². The Morgan fingerprint density at radius 1 is 1.05 bits per heavy atom. The second-order valence-corrected chi connectivity index (χ2v) is 5.27. The molecule has 0 aliphatic carbocycles. The molecule has 0 atom stereocenters. The lowest BCUT2D eigenvalue weighted by molar-refractivity contribution is 0.865. The lowest BCUT2D eigenvalue weighted by Crippen LogP contribution is -2.21. The molecule has 21 heavy (non-hydrogen) atoms. The molecule has 3 nitrogen and oxygen atoms in total. The zero-order chi connectivity index (χ0) is 15.2. The Bertz CT molecular complexity index is 589. The molecule has 112 valence electrons. The van der Waals surface area contributed by atoms with E-state index >= 15 is 0 Å². The quantitative estimate of drug-likeness (QED) is 0.786. The molecule has 2 rings (SSSR count). The van der Waals surface area contributed by atoms with Crippen molar-refractivity contribution in [2.75, 3.05) is 29.0 Å². The van der Waals surface area contributed by atoms with Crippen LogP contribution in [0.5, 0.6) is 0 Å². The second kappa shape index (κ2) is 7.02. The Morgan fingerprint density at radius 3 is 2.43 bits per heavy atom. The number of nitrogens with zero attached hydrogens (tertiary/aromatic N) is 1. The van der Waals surface area contributed by atoms with Crippen LogP contribution in [-0.2, 0) is 6.54 Å². The molecule has 3 heteroatoms. The average Bonchev–Trinajstić information content (AvgIpc) is 2.48. The molecule has 3 N–H and O–H groups in total. The summed E-state index contributed by atoms with van der Waals surface area (Å²) in [6, 6.07) is 14.6. The van der Waals surface area contributed by atoms with Gasteiger partial charge in [0.1, 0.15) is 0 Å². The number of nitrogens with two attached hydrogens (primary N) is 1. The fraction of sp³-hybridized carbons (Fsp3) is 0.333. The van der Waals surface area contributed by atoms with Crippen LogP contribution in [0.3, 0.4) is 0 Å². The molecule has 0 heterocycles. The molecular formula is C18H25N3. The predicted octanol–water partition coefficient (Wildman–Crippen LogP) is 4.04. The van der Waals surface area contributed by atoms with Crippen LogP contribution in [0.15, 0.2) is 42.5 Å². The van der Waals surface area contributed by atoms with Crippen molar-refractivity contribution in [3.05, 3.63) is 53.6 Å². The van der Waals surface area contributed by atoms with Crippen molar-refractivity contribution in [2.45, 2.75) is 27.3 Å². The fourth-order valence-electron chi connectivity index (χ4n) is 2.53. The Balaban J connectivity index is 2.07. The van der Waals surface area contributed by atoms with Crippen molar-refractivity contribution in [2.24, 2.45) is 0 Å². The standard InChI is InChI=1S/C18H25N3/c1-4-21(5-2)17-9-10-18(14(3)11-17)20-13-15-7-6-8-16(19)12-15/h6-12,20H,4-5,13,19H2,1-3H3. The summed E-state index contributed by atoms with van der Waals surface area (Å²) in [6.45, 7) is 9.37. The predicted molar refractivity (Wildman–Crippen MR) is 92.9 cm³/mol. The molecule has 0 spiro atoms. The molecule has 0 unspecified atom stereocenters. The third-order valence-corrected chi connectivity index (χ3v) is 3.77. The number of hydrogen-bond acceptors (Lipinski definition) is 3. The molecular weight excluding hydrogens is 258 g/mol. The zero-order valence-corrected chi connectivity index (χ0v) is 13.2. The van der Waals surface area contributed by atoms with Gasteiger partial charge in [-0.2, -0.15) is 0 Å². The van der Waals surface area contributed by atoms with Crippen molar-refractivity contribution < 1.29 is 0 Å². The van der Waals surface area contributed by atoms with Crippen LogP contribution >= 0.6 is 0 Å². The van der Waals surface area contributed by atoms with Crippen molar-refractivity contribution in [3.63, 3.8) is 0 Å². The van der Waals surface area contributed by atoms with E-state index in [4.69, 9.17) is 5.73 Å². The van der Waals surface area contributed by atoms with Gasteiger partial charge in [-0.15, -0.1) is 0 Å². The molecule has 0 amide bonds. The average molecular weight is 283 g/mol. The maximum Gasteiger partial charge on any atom is 0.0401 e. The number of anilines is 3. The van der Waals surface area contributed by atoms with Gasteiger partial charge in [0.05, 0.1) is 0 Å². The summed E-state index contributed by atoms with van der Waals surface area (Å²) in [5.74, 6) is 0. The molecule has 2 aromatic rings. The van der Waals surface area contributed by atoms with Crippen LogP contribution in [0.2, 0.25) is 0 Å². The molecule has 0 radical (unpaired) electrons. The minimum atomic E-state index is 0.788. The monoisotopic (exact) mass is 283 g/mol. The normalized spacial score (nSPS) is 10.4. The summed E-state index contributed by atoms with van der Waals surface area (Å²) in [6.07, 6.45) is 0. The molecule has 0 aliphatic heterocycles.